The van der Waals surface area contributed by atoms with Crippen LogP contribution < -0.4 is 11.1 Å². The quantitative estimate of drug-likeness (QED) is 0.821. The van der Waals surface area contributed by atoms with Gasteiger partial charge in [0.15, 0.2) is 11.6 Å². The van der Waals surface area contributed by atoms with E-state index in [1.54, 1.807) is 13.8 Å². The highest BCUT2D eigenvalue weighted by Gasteiger charge is 2.44. The van der Waals surface area contributed by atoms with Gasteiger partial charge in [0.2, 0.25) is 0 Å². The van der Waals surface area contributed by atoms with Gasteiger partial charge in [0.1, 0.15) is 5.54 Å². The molecule has 108 valence electrons. The molecule has 1 heterocycles. The fraction of sp³-hybridized carbons (Fsp3) is 0.385. The van der Waals surface area contributed by atoms with Gasteiger partial charge in [-0.1, -0.05) is 6.07 Å². The Balaban J connectivity index is 2.15. The van der Waals surface area contributed by atoms with Crippen molar-refractivity contribution in [2.24, 2.45) is 5.73 Å². The summed E-state index contributed by atoms with van der Waals surface area (Å²) < 4.78 is 26.0. The van der Waals surface area contributed by atoms with Gasteiger partial charge in [-0.25, -0.2) is 13.6 Å². The zero-order valence-corrected chi connectivity index (χ0v) is 11.1. The summed E-state index contributed by atoms with van der Waals surface area (Å²) in [7, 11) is 0. The van der Waals surface area contributed by atoms with Crippen LogP contribution in [0.2, 0.25) is 0 Å². The Kier molecular flexibility index (Phi) is 3.47. The first-order valence-electron chi connectivity index (χ1n) is 6.07. The Labute approximate surface area is 114 Å². The molecule has 20 heavy (non-hydrogen) atoms. The summed E-state index contributed by atoms with van der Waals surface area (Å²) in [4.78, 5) is 24.6. The highest BCUT2D eigenvalue weighted by molar-refractivity contribution is 6.06. The summed E-state index contributed by atoms with van der Waals surface area (Å²) in [5.41, 5.74) is 5.18. The number of carbonyl (C=O) groups is 2. The third-order valence-corrected chi connectivity index (χ3v) is 3.20. The Bertz CT molecular complexity index is 575. The van der Waals surface area contributed by atoms with Gasteiger partial charge in [-0.05, 0) is 31.5 Å². The molecule has 0 radical (unpaired) electrons. The molecule has 1 unspecified atom stereocenters. The second kappa shape index (κ2) is 4.82. The average Bonchev–Trinajstić information content (AvgIpc) is 2.55. The molecule has 0 bridgehead atoms. The van der Waals surface area contributed by atoms with E-state index in [1.807, 2.05) is 0 Å². The van der Waals surface area contributed by atoms with Crippen LogP contribution >= 0.6 is 0 Å². The number of benzene rings is 1. The van der Waals surface area contributed by atoms with Gasteiger partial charge >= 0.3 is 6.03 Å². The summed E-state index contributed by atoms with van der Waals surface area (Å²) in [5, 5.41) is 2.52. The fourth-order valence-corrected chi connectivity index (χ4v) is 2.03. The second-order valence-electron chi connectivity index (χ2n) is 5.25. The minimum atomic E-state index is -1.02. The molecule has 3 amide bonds. The normalized spacial score (nSPS) is 19.1. The smallest absolute Gasteiger partial charge is 0.324 e. The highest BCUT2D eigenvalue weighted by atomic mass is 19.2. The van der Waals surface area contributed by atoms with E-state index < -0.39 is 35.2 Å². The number of halogens is 2. The summed E-state index contributed by atoms with van der Waals surface area (Å²) in [6.07, 6.45) is 0. The van der Waals surface area contributed by atoms with E-state index in [2.05, 4.69) is 5.32 Å². The Morgan fingerprint density at radius 2 is 1.95 bits per heavy atom. The summed E-state index contributed by atoms with van der Waals surface area (Å²) in [6, 6.07) is 1.92. The summed E-state index contributed by atoms with van der Waals surface area (Å²) >= 11 is 0. The van der Waals surface area contributed by atoms with Gasteiger partial charge in [-0.2, -0.15) is 0 Å². The van der Waals surface area contributed by atoms with Crippen LogP contribution in [0.4, 0.5) is 13.6 Å². The van der Waals surface area contributed by atoms with Crippen molar-refractivity contribution in [3.63, 3.8) is 0 Å². The Hall–Kier alpha value is -2.02. The number of imide groups is 1. The van der Waals surface area contributed by atoms with Gasteiger partial charge in [0, 0.05) is 12.6 Å². The van der Waals surface area contributed by atoms with Crippen LogP contribution in [0, 0.1) is 11.6 Å². The van der Waals surface area contributed by atoms with Gasteiger partial charge in [0.05, 0.1) is 0 Å². The average molecular weight is 283 g/mol. The first-order valence-corrected chi connectivity index (χ1v) is 6.07. The molecule has 0 saturated carbocycles. The largest absolute Gasteiger partial charge is 0.325 e. The van der Waals surface area contributed by atoms with Crippen LogP contribution in [-0.2, 0) is 4.79 Å². The van der Waals surface area contributed by atoms with Crippen LogP contribution in [0.3, 0.4) is 0 Å². The first-order chi connectivity index (χ1) is 9.22. The molecule has 0 aliphatic carbocycles. The lowest BCUT2D eigenvalue weighted by Crippen LogP contribution is -2.41. The lowest BCUT2D eigenvalue weighted by molar-refractivity contribution is -0.130. The molecule has 5 nitrogen and oxygen atoms in total. The highest BCUT2D eigenvalue weighted by Crippen LogP contribution is 2.21. The molecular weight excluding hydrogens is 268 g/mol. The van der Waals surface area contributed by atoms with Crippen LogP contribution in [0.15, 0.2) is 18.2 Å². The SMILES string of the molecule is CC1(C)NC(=O)N(CC(N)c2ccc(F)c(F)c2)C1=O. The van der Waals surface area contributed by atoms with E-state index in [0.29, 0.717) is 5.56 Å². The van der Waals surface area contributed by atoms with Crippen molar-refractivity contribution in [3.05, 3.63) is 35.4 Å². The predicted molar refractivity (Wildman–Crippen MR) is 67.6 cm³/mol. The van der Waals surface area contributed by atoms with Crippen molar-refractivity contribution in [2.45, 2.75) is 25.4 Å². The first kappa shape index (κ1) is 14.4. The predicted octanol–water partition coefficient (Wildman–Crippen LogP) is 1.30. The molecule has 1 aromatic carbocycles. The summed E-state index contributed by atoms with van der Waals surface area (Å²) in [6.45, 7) is 3.06. The number of amides is 3. The molecule has 1 aliphatic heterocycles. The molecule has 1 aromatic rings. The maximum atomic E-state index is 13.1. The summed E-state index contributed by atoms with van der Waals surface area (Å²) in [5.74, 6) is -2.40. The van der Waals surface area contributed by atoms with E-state index in [-0.39, 0.29) is 6.54 Å². The van der Waals surface area contributed by atoms with Crippen molar-refractivity contribution in [3.8, 4) is 0 Å². The van der Waals surface area contributed by atoms with Crippen LogP contribution in [0.5, 0.6) is 0 Å². The monoisotopic (exact) mass is 283 g/mol. The van der Waals surface area contributed by atoms with Gasteiger partial charge in [-0.3, -0.25) is 9.69 Å². The molecule has 1 aliphatic rings. The number of nitrogens with two attached hydrogens (primary N) is 1. The topological polar surface area (TPSA) is 75.4 Å². The molecule has 7 heteroatoms. The number of carbonyl (C=O) groups excluding carboxylic acids is 2. The molecule has 0 spiro atoms. The number of hydrogen-bond acceptors (Lipinski definition) is 3. The standard InChI is InChI=1S/C13H15F2N3O2/c1-13(2)11(19)18(12(20)17-13)6-10(16)7-3-4-8(14)9(15)5-7/h3-5,10H,6,16H2,1-2H3,(H,17,20). The van der Waals surface area contributed by atoms with E-state index in [9.17, 15) is 18.4 Å². The third kappa shape index (κ3) is 2.49. The number of nitrogens with one attached hydrogen (secondary N) is 1. The van der Waals surface area contributed by atoms with E-state index in [1.165, 1.54) is 6.07 Å². The van der Waals surface area contributed by atoms with Crippen LogP contribution in [-0.4, -0.2) is 28.9 Å². The third-order valence-electron chi connectivity index (χ3n) is 3.20. The number of nitrogens with zero attached hydrogens (tertiary/aromatic N) is 1. The Morgan fingerprint density at radius 1 is 1.30 bits per heavy atom. The molecule has 2 rings (SSSR count). The lowest BCUT2D eigenvalue weighted by Gasteiger charge is -2.20. The van der Waals surface area contributed by atoms with Crippen molar-refractivity contribution in [2.75, 3.05) is 6.54 Å². The van der Waals surface area contributed by atoms with Crippen molar-refractivity contribution in [1.29, 1.82) is 0 Å². The van der Waals surface area contributed by atoms with Crippen LogP contribution in [0.1, 0.15) is 25.5 Å². The van der Waals surface area contributed by atoms with Crippen molar-refractivity contribution < 1.29 is 18.4 Å². The zero-order valence-electron chi connectivity index (χ0n) is 11.1. The van der Waals surface area contributed by atoms with Gasteiger partial charge < -0.3 is 11.1 Å². The molecule has 1 saturated heterocycles. The fourth-order valence-electron chi connectivity index (χ4n) is 2.03. The van der Waals surface area contributed by atoms with Crippen molar-refractivity contribution in [1.82, 2.24) is 10.2 Å². The maximum absolute atomic E-state index is 13.1. The number of rotatable bonds is 3. The lowest BCUT2D eigenvalue weighted by atomic mass is 10.0. The van der Waals surface area contributed by atoms with Crippen LogP contribution in [0.25, 0.3) is 0 Å². The zero-order chi connectivity index (χ0) is 15.1. The minimum absolute atomic E-state index is 0.0980. The van der Waals surface area contributed by atoms with E-state index in [0.717, 1.165) is 17.0 Å². The maximum Gasteiger partial charge on any atom is 0.325 e. The Morgan fingerprint density at radius 3 is 2.45 bits per heavy atom. The molecule has 0 aromatic heterocycles. The molecule has 3 N–H and O–H groups in total. The van der Waals surface area contributed by atoms with Crippen molar-refractivity contribution >= 4 is 11.9 Å². The minimum Gasteiger partial charge on any atom is -0.324 e. The van der Waals surface area contributed by atoms with Gasteiger partial charge in [-0.15, -0.1) is 0 Å². The molecular formula is C13H15F2N3O2. The number of urea groups is 1. The van der Waals surface area contributed by atoms with E-state index in [4.69, 9.17) is 5.73 Å². The van der Waals surface area contributed by atoms with Gasteiger partial charge in [0.25, 0.3) is 5.91 Å². The molecule has 1 fully saturated rings. The van der Waals surface area contributed by atoms with E-state index >= 15 is 0 Å². The molecule has 1 atom stereocenters. The second-order valence-corrected chi connectivity index (χ2v) is 5.25. The number of hydrogen-bond donors (Lipinski definition) is 2.